The summed E-state index contributed by atoms with van der Waals surface area (Å²) in [6.07, 6.45) is -1.96. The van der Waals surface area contributed by atoms with Gasteiger partial charge in [0.15, 0.2) is 0 Å². The van der Waals surface area contributed by atoms with E-state index in [1.54, 1.807) is 30.5 Å². The Labute approximate surface area is 174 Å². The summed E-state index contributed by atoms with van der Waals surface area (Å²) < 4.78 is 39.6. The van der Waals surface area contributed by atoms with Crippen LogP contribution in [0, 0.1) is 0 Å². The summed E-state index contributed by atoms with van der Waals surface area (Å²) in [5.41, 5.74) is 0.694. The van der Waals surface area contributed by atoms with E-state index in [1.165, 1.54) is 6.07 Å². The Morgan fingerprint density at radius 3 is 2.52 bits per heavy atom. The number of hydrogen-bond donors (Lipinski definition) is 2. The summed E-state index contributed by atoms with van der Waals surface area (Å²) in [6, 6.07) is 11.2. The lowest BCUT2D eigenvalue weighted by atomic mass is 10.2. The number of anilines is 3. The van der Waals surface area contributed by atoms with Crippen LogP contribution in [0.3, 0.4) is 0 Å². The van der Waals surface area contributed by atoms with E-state index in [0.717, 1.165) is 12.5 Å². The van der Waals surface area contributed by atoms with E-state index in [1.807, 2.05) is 19.9 Å². The first-order valence-electron chi connectivity index (χ1n) is 8.97. The average molecular weight is 466 g/mol. The highest BCUT2D eigenvalue weighted by molar-refractivity contribution is 9.10. The van der Waals surface area contributed by atoms with E-state index < -0.39 is 11.7 Å². The first-order valence-corrected chi connectivity index (χ1v) is 9.76. The average Bonchev–Trinajstić information content (AvgIpc) is 2.69. The number of rotatable bonds is 6. The normalized spacial score (nSPS) is 12.5. The van der Waals surface area contributed by atoms with Gasteiger partial charge in [-0.2, -0.15) is 18.2 Å². The molecule has 0 fully saturated rings. The van der Waals surface area contributed by atoms with Crippen LogP contribution in [0.2, 0.25) is 0 Å². The Morgan fingerprint density at radius 2 is 1.86 bits per heavy atom. The van der Waals surface area contributed by atoms with Gasteiger partial charge in [-0.1, -0.05) is 28.9 Å². The van der Waals surface area contributed by atoms with Crippen molar-refractivity contribution in [2.24, 2.45) is 0 Å². The van der Waals surface area contributed by atoms with E-state index in [0.29, 0.717) is 23.2 Å². The quantitative estimate of drug-likeness (QED) is 0.448. The Hall–Kier alpha value is -2.68. The molecule has 0 aliphatic carbocycles. The number of nitrogens with one attached hydrogen (secondary N) is 2. The standard InChI is InChI=1S/C20H19BrF3N5/c1-3-12(2)26-19-28-17(16-6-4-5-9-25-16)11-18(29-19)27-13-7-8-15(21)14(10-13)20(22,23)24/h4-12H,3H2,1-2H3,(H2,26,27,28,29)/t12-/m1/s1. The Kier molecular flexibility index (Phi) is 6.36. The van der Waals surface area contributed by atoms with Crippen LogP contribution in [0.5, 0.6) is 0 Å². The summed E-state index contributed by atoms with van der Waals surface area (Å²) >= 11 is 2.95. The molecule has 3 rings (SSSR count). The van der Waals surface area contributed by atoms with Crippen molar-refractivity contribution in [1.29, 1.82) is 0 Å². The lowest BCUT2D eigenvalue weighted by Gasteiger charge is -2.15. The van der Waals surface area contributed by atoms with Crippen molar-refractivity contribution in [2.45, 2.75) is 32.5 Å². The van der Waals surface area contributed by atoms with E-state index in [9.17, 15) is 13.2 Å². The Bertz CT molecular complexity index is 980. The van der Waals surface area contributed by atoms with Crippen molar-refractivity contribution >= 4 is 33.4 Å². The molecule has 0 saturated heterocycles. The fraction of sp³-hybridized carbons (Fsp3) is 0.250. The molecule has 0 radical (unpaired) electrons. The Morgan fingerprint density at radius 1 is 1.07 bits per heavy atom. The third-order valence-electron chi connectivity index (χ3n) is 4.19. The van der Waals surface area contributed by atoms with Crippen LogP contribution in [-0.4, -0.2) is 21.0 Å². The molecule has 152 valence electrons. The van der Waals surface area contributed by atoms with Gasteiger partial charge in [-0.05, 0) is 43.7 Å². The SMILES string of the molecule is CC[C@@H](C)Nc1nc(Nc2ccc(Br)c(C(F)(F)F)c2)cc(-c2ccccn2)n1. The van der Waals surface area contributed by atoms with Crippen LogP contribution < -0.4 is 10.6 Å². The molecular weight excluding hydrogens is 447 g/mol. The number of pyridine rings is 1. The molecule has 2 aromatic heterocycles. The molecule has 0 spiro atoms. The van der Waals surface area contributed by atoms with Crippen molar-refractivity contribution in [2.75, 3.05) is 10.6 Å². The van der Waals surface area contributed by atoms with Gasteiger partial charge in [-0.3, -0.25) is 4.98 Å². The number of hydrogen-bond acceptors (Lipinski definition) is 5. The maximum Gasteiger partial charge on any atom is 0.417 e. The topological polar surface area (TPSA) is 62.7 Å². The monoisotopic (exact) mass is 465 g/mol. The zero-order valence-electron chi connectivity index (χ0n) is 15.8. The molecule has 0 aliphatic heterocycles. The molecular formula is C20H19BrF3N5. The first kappa shape index (κ1) is 21.0. The fourth-order valence-corrected chi connectivity index (χ4v) is 2.98. The number of halogens is 4. The highest BCUT2D eigenvalue weighted by Crippen LogP contribution is 2.37. The van der Waals surface area contributed by atoms with Crippen LogP contribution in [0.15, 0.2) is 53.1 Å². The molecule has 0 saturated carbocycles. The van der Waals surface area contributed by atoms with Crippen LogP contribution in [-0.2, 0) is 6.18 Å². The van der Waals surface area contributed by atoms with Gasteiger partial charge in [-0.15, -0.1) is 0 Å². The lowest BCUT2D eigenvalue weighted by Crippen LogP contribution is -2.16. The van der Waals surface area contributed by atoms with Crippen molar-refractivity contribution in [3.05, 3.63) is 58.7 Å². The number of alkyl halides is 3. The van der Waals surface area contributed by atoms with E-state index in [-0.39, 0.29) is 16.2 Å². The van der Waals surface area contributed by atoms with E-state index in [4.69, 9.17) is 0 Å². The largest absolute Gasteiger partial charge is 0.417 e. The predicted molar refractivity (Wildman–Crippen MR) is 111 cm³/mol. The molecule has 2 heterocycles. The van der Waals surface area contributed by atoms with E-state index >= 15 is 0 Å². The number of nitrogens with zero attached hydrogens (tertiary/aromatic N) is 3. The molecule has 5 nitrogen and oxygen atoms in total. The van der Waals surface area contributed by atoms with Crippen LogP contribution in [0.1, 0.15) is 25.8 Å². The third-order valence-corrected chi connectivity index (χ3v) is 4.88. The van der Waals surface area contributed by atoms with Gasteiger partial charge in [0.1, 0.15) is 5.82 Å². The zero-order chi connectivity index (χ0) is 21.0. The minimum Gasteiger partial charge on any atom is -0.352 e. The van der Waals surface area contributed by atoms with Crippen molar-refractivity contribution < 1.29 is 13.2 Å². The molecule has 0 amide bonds. The second-order valence-electron chi connectivity index (χ2n) is 6.45. The van der Waals surface area contributed by atoms with Gasteiger partial charge in [0.2, 0.25) is 5.95 Å². The third kappa shape index (κ3) is 5.44. The molecule has 29 heavy (non-hydrogen) atoms. The zero-order valence-corrected chi connectivity index (χ0v) is 17.3. The molecule has 0 unspecified atom stereocenters. The summed E-state index contributed by atoms with van der Waals surface area (Å²) in [7, 11) is 0. The van der Waals surface area contributed by atoms with Gasteiger partial charge < -0.3 is 10.6 Å². The Balaban J connectivity index is 1.99. The number of benzene rings is 1. The molecule has 0 aliphatic rings. The molecule has 2 N–H and O–H groups in total. The first-order chi connectivity index (χ1) is 13.8. The molecule has 9 heteroatoms. The molecule has 0 bridgehead atoms. The highest BCUT2D eigenvalue weighted by Gasteiger charge is 2.33. The summed E-state index contributed by atoms with van der Waals surface area (Å²) in [5, 5.41) is 6.14. The van der Waals surface area contributed by atoms with Crippen LogP contribution in [0.4, 0.5) is 30.6 Å². The van der Waals surface area contributed by atoms with Crippen molar-refractivity contribution in [3.63, 3.8) is 0 Å². The lowest BCUT2D eigenvalue weighted by molar-refractivity contribution is -0.138. The summed E-state index contributed by atoms with van der Waals surface area (Å²) in [5.74, 6) is 0.736. The molecule has 1 aromatic carbocycles. The second kappa shape index (κ2) is 8.77. The minimum absolute atomic E-state index is 0.0217. The molecule has 1 atom stereocenters. The fourth-order valence-electron chi connectivity index (χ4n) is 2.51. The maximum absolute atomic E-state index is 13.2. The van der Waals surface area contributed by atoms with Gasteiger partial charge in [0, 0.05) is 28.5 Å². The maximum atomic E-state index is 13.2. The smallest absolute Gasteiger partial charge is 0.352 e. The minimum atomic E-state index is -4.47. The summed E-state index contributed by atoms with van der Waals surface area (Å²) in [6.45, 7) is 4.02. The van der Waals surface area contributed by atoms with Crippen LogP contribution in [0.25, 0.3) is 11.4 Å². The van der Waals surface area contributed by atoms with Gasteiger partial charge in [-0.25, -0.2) is 4.98 Å². The van der Waals surface area contributed by atoms with Crippen molar-refractivity contribution in [3.8, 4) is 11.4 Å². The van der Waals surface area contributed by atoms with Crippen molar-refractivity contribution in [1.82, 2.24) is 15.0 Å². The highest BCUT2D eigenvalue weighted by atomic mass is 79.9. The second-order valence-corrected chi connectivity index (χ2v) is 7.30. The van der Waals surface area contributed by atoms with Crippen LogP contribution >= 0.6 is 15.9 Å². The van der Waals surface area contributed by atoms with Gasteiger partial charge >= 0.3 is 6.18 Å². The van der Waals surface area contributed by atoms with Gasteiger partial charge in [0.25, 0.3) is 0 Å². The number of aromatic nitrogens is 3. The molecule has 3 aromatic rings. The summed E-state index contributed by atoms with van der Waals surface area (Å²) in [4.78, 5) is 13.2. The van der Waals surface area contributed by atoms with Gasteiger partial charge in [0.05, 0.1) is 17.0 Å². The predicted octanol–water partition coefficient (Wildman–Crippen LogP) is 6.27. The van der Waals surface area contributed by atoms with E-state index in [2.05, 4.69) is 41.5 Å².